The van der Waals surface area contributed by atoms with Crippen molar-refractivity contribution in [2.75, 3.05) is 34.9 Å². The molecule has 1 fully saturated rings. The Balaban J connectivity index is 2.18. The highest BCUT2D eigenvalue weighted by atomic mass is 16.5. The highest BCUT2D eigenvalue weighted by Gasteiger charge is 2.42. The fourth-order valence-corrected chi connectivity index (χ4v) is 7.33. The van der Waals surface area contributed by atoms with E-state index in [-0.39, 0.29) is 59.9 Å². The van der Waals surface area contributed by atoms with Crippen LogP contribution >= 0.6 is 0 Å². The van der Waals surface area contributed by atoms with E-state index in [2.05, 4.69) is 16.0 Å². The van der Waals surface area contributed by atoms with Crippen molar-refractivity contribution in [2.45, 2.75) is 123 Å². The number of benzene rings is 1. The topological polar surface area (TPSA) is 129 Å². The standard InChI is InChI=1S/C38H65N5O6/c1-23(2)32(39-9)37(46)41-33(24(3)4)38(47)42(10)34(25(5)6)30(48-11)22-31(44)43-20-16-19-29(43)35(49-12)27(8)36(45)40-26(7)21-28-17-14-13-15-18-28/h13-15,17-18,23-27,29-30,32-35,39H,16,19-22H2,1-12H3,(H,40,45)(H,41,46)/t26-,27?,29+,30-,32+,33?,34+,35?/m1/s1. The van der Waals surface area contributed by atoms with Crippen LogP contribution < -0.4 is 16.0 Å². The number of carbonyl (C=O) groups is 4. The second kappa shape index (κ2) is 20.0. The van der Waals surface area contributed by atoms with Gasteiger partial charge in [0.15, 0.2) is 0 Å². The van der Waals surface area contributed by atoms with Crippen molar-refractivity contribution < 1.29 is 28.7 Å². The quantitative estimate of drug-likeness (QED) is 0.203. The van der Waals surface area contributed by atoms with Gasteiger partial charge < -0.3 is 35.2 Å². The Labute approximate surface area is 295 Å². The SMILES string of the molecule is CN[C@H](C(=O)NC(C(=O)N(C)[C@@H](C(C)C)[C@@H](CC(=O)N1CCC[C@H]1C(OC)C(C)C(=O)N[C@H](C)Cc1ccccc1)OC)C(C)C)C(C)C. The van der Waals surface area contributed by atoms with Crippen LogP contribution in [0.2, 0.25) is 0 Å². The maximum atomic E-state index is 14.0. The summed E-state index contributed by atoms with van der Waals surface area (Å²) in [6.45, 7) is 16.1. The van der Waals surface area contributed by atoms with E-state index in [1.54, 1.807) is 33.2 Å². The van der Waals surface area contributed by atoms with E-state index in [1.165, 1.54) is 0 Å². The number of hydrogen-bond donors (Lipinski definition) is 3. The van der Waals surface area contributed by atoms with Crippen LogP contribution in [0.5, 0.6) is 0 Å². The number of hydrogen-bond acceptors (Lipinski definition) is 7. The minimum Gasteiger partial charge on any atom is -0.379 e. The summed E-state index contributed by atoms with van der Waals surface area (Å²) < 4.78 is 11.9. The van der Waals surface area contributed by atoms with Crippen LogP contribution in [0.4, 0.5) is 0 Å². The van der Waals surface area contributed by atoms with Crippen molar-refractivity contribution in [3.8, 4) is 0 Å². The first-order valence-corrected chi connectivity index (χ1v) is 18.0. The van der Waals surface area contributed by atoms with Gasteiger partial charge in [-0.2, -0.15) is 0 Å². The third-order valence-electron chi connectivity index (χ3n) is 9.98. The summed E-state index contributed by atoms with van der Waals surface area (Å²) >= 11 is 0. The lowest BCUT2D eigenvalue weighted by atomic mass is 9.91. The van der Waals surface area contributed by atoms with Crippen LogP contribution in [-0.4, -0.2) is 111 Å². The second-order valence-electron chi connectivity index (χ2n) is 14.8. The summed E-state index contributed by atoms with van der Waals surface area (Å²) in [6.07, 6.45) is 1.24. The Morgan fingerprint density at radius 3 is 1.98 bits per heavy atom. The predicted molar refractivity (Wildman–Crippen MR) is 194 cm³/mol. The van der Waals surface area contributed by atoms with Gasteiger partial charge in [-0.05, 0) is 56.6 Å². The van der Waals surface area contributed by atoms with Crippen molar-refractivity contribution in [1.82, 2.24) is 25.8 Å². The summed E-state index contributed by atoms with van der Waals surface area (Å²) in [5.41, 5.74) is 1.15. The van der Waals surface area contributed by atoms with E-state index < -0.39 is 36.3 Å². The summed E-state index contributed by atoms with van der Waals surface area (Å²) in [4.78, 5) is 58.0. The number of rotatable bonds is 19. The molecule has 0 radical (unpaired) electrons. The largest absolute Gasteiger partial charge is 0.379 e. The maximum Gasteiger partial charge on any atom is 0.245 e. The Kier molecular flexibility index (Phi) is 17.2. The minimum absolute atomic E-state index is 0.0429. The Hall–Kier alpha value is -3.02. The van der Waals surface area contributed by atoms with Crippen LogP contribution in [0.1, 0.15) is 80.2 Å². The molecule has 11 heteroatoms. The molecule has 49 heavy (non-hydrogen) atoms. The van der Waals surface area contributed by atoms with Gasteiger partial charge in [-0.25, -0.2) is 0 Å². The van der Waals surface area contributed by atoms with Crippen molar-refractivity contribution in [1.29, 1.82) is 0 Å². The first-order valence-electron chi connectivity index (χ1n) is 18.0. The van der Waals surface area contributed by atoms with Gasteiger partial charge >= 0.3 is 0 Å². The molecule has 3 N–H and O–H groups in total. The van der Waals surface area contributed by atoms with E-state index in [4.69, 9.17) is 9.47 Å². The molecule has 0 bridgehead atoms. The monoisotopic (exact) mass is 687 g/mol. The third kappa shape index (κ3) is 11.5. The zero-order chi connectivity index (χ0) is 37.0. The Morgan fingerprint density at radius 1 is 0.857 bits per heavy atom. The zero-order valence-electron chi connectivity index (χ0n) is 32.1. The van der Waals surface area contributed by atoms with E-state index >= 15 is 0 Å². The molecule has 278 valence electrons. The molecule has 1 aromatic carbocycles. The molecule has 1 saturated heterocycles. The highest BCUT2D eigenvalue weighted by molar-refractivity contribution is 5.90. The molecule has 2 rings (SSSR count). The Bertz CT molecular complexity index is 1190. The van der Waals surface area contributed by atoms with Gasteiger partial charge in [0.25, 0.3) is 0 Å². The molecule has 4 amide bonds. The van der Waals surface area contributed by atoms with E-state index in [0.29, 0.717) is 6.54 Å². The smallest absolute Gasteiger partial charge is 0.245 e. The van der Waals surface area contributed by atoms with Crippen molar-refractivity contribution >= 4 is 23.6 Å². The van der Waals surface area contributed by atoms with E-state index in [9.17, 15) is 19.2 Å². The van der Waals surface area contributed by atoms with Gasteiger partial charge in [0, 0.05) is 33.9 Å². The number of carbonyl (C=O) groups excluding carboxylic acids is 4. The first-order chi connectivity index (χ1) is 23.1. The molecule has 1 aliphatic heterocycles. The number of likely N-dealkylation sites (tertiary alicyclic amines) is 1. The lowest BCUT2D eigenvalue weighted by molar-refractivity contribution is -0.147. The average molecular weight is 688 g/mol. The summed E-state index contributed by atoms with van der Waals surface area (Å²) in [5.74, 6) is -1.29. The van der Waals surface area contributed by atoms with Gasteiger partial charge in [0.2, 0.25) is 23.6 Å². The first kappa shape index (κ1) is 42.1. The van der Waals surface area contributed by atoms with Crippen molar-refractivity contribution in [2.24, 2.45) is 23.7 Å². The van der Waals surface area contributed by atoms with E-state index in [0.717, 1.165) is 24.8 Å². The number of likely N-dealkylation sites (N-methyl/N-ethyl adjacent to an activating group) is 2. The molecule has 0 spiro atoms. The predicted octanol–water partition coefficient (Wildman–Crippen LogP) is 3.65. The zero-order valence-corrected chi connectivity index (χ0v) is 32.1. The number of nitrogens with one attached hydrogen (secondary N) is 3. The number of nitrogens with zero attached hydrogens (tertiary/aromatic N) is 2. The van der Waals surface area contributed by atoms with Gasteiger partial charge in [0.1, 0.15) is 6.04 Å². The van der Waals surface area contributed by atoms with Gasteiger partial charge in [-0.1, -0.05) is 78.8 Å². The number of methoxy groups -OCH3 is 2. The summed E-state index contributed by atoms with van der Waals surface area (Å²) in [5, 5.41) is 9.16. The molecular weight excluding hydrogens is 622 g/mol. The third-order valence-corrected chi connectivity index (χ3v) is 9.98. The molecule has 8 atom stereocenters. The molecule has 11 nitrogen and oxygen atoms in total. The molecule has 1 heterocycles. The van der Waals surface area contributed by atoms with Gasteiger partial charge in [-0.15, -0.1) is 0 Å². The van der Waals surface area contributed by atoms with Crippen LogP contribution in [0.15, 0.2) is 30.3 Å². The molecule has 1 aromatic rings. The van der Waals surface area contributed by atoms with Crippen LogP contribution in [0, 0.1) is 23.7 Å². The van der Waals surface area contributed by atoms with Crippen molar-refractivity contribution in [3.05, 3.63) is 35.9 Å². The minimum atomic E-state index is -0.741. The molecular formula is C38H65N5O6. The van der Waals surface area contributed by atoms with Crippen LogP contribution in [0.3, 0.4) is 0 Å². The molecule has 0 saturated carbocycles. The normalized spacial score (nSPS) is 19.2. The number of ether oxygens (including phenoxy) is 2. The fourth-order valence-electron chi connectivity index (χ4n) is 7.33. The summed E-state index contributed by atoms with van der Waals surface area (Å²) in [6, 6.07) is 8.12. The molecule has 3 unspecified atom stereocenters. The van der Waals surface area contributed by atoms with Gasteiger partial charge in [-0.3, -0.25) is 19.2 Å². The van der Waals surface area contributed by atoms with Crippen molar-refractivity contribution in [3.63, 3.8) is 0 Å². The maximum absolute atomic E-state index is 14.0. The summed E-state index contributed by atoms with van der Waals surface area (Å²) in [7, 11) is 6.62. The highest BCUT2D eigenvalue weighted by Crippen LogP contribution is 2.29. The number of amides is 4. The van der Waals surface area contributed by atoms with Gasteiger partial charge in [0.05, 0.1) is 42.7 Å². The Morgan fingerprint density at radius 2 is 1.47 bits per heavy atom. The molecule has 1 aliphatic rings. The van der Waals surface area contributed by atoms with Crippen LogP contribution in [0.25, 0.3) is 0 Å². The lowest BCUT2D eigenvalue weighted by Crippen LogP contribution is -2.59. The molecule has 0 aliphatic carbocycles. The average Bonchev–Trinajstić information content (AvgIpc) is 3.53. The second-order valence-corrected chi connectivity index (χ2v) is 14.8. The van der Waals surface area contributed by atoms with E-state index in [1.807, 2.05) is 90.6 Å². The molecule has 0 aromatic heterocycles. The lowest BCUT2D eigenvalue weighted by Gasteiger charge is -2.40. The van der Waals surface area contributed by atoms with Crippen LogP contribution in [-0.2, 0) is 35.1 Å². The fraction of sp³-hybridized carbons (Fsp3) is 0.737.